The summed E-state index contributed by atoms with van der Waals surface area (Å²) in [4.78, 5) is 17.1. The van der Waals surface area contributed by atoms with Crippen LogP contribution in [-0.4, -0.2) is 42.5 Å². The van der Waals surface area contributed by atoms with Crippen molar-refractivity contribution in [3.05, 3.63) is 35.2 Å². The summed E-state index contributed by atoms with van der Waals surface area (Å²) in [5, 5.41) is 5.18. The molecule has 1 N–H and O–H groups in total. The Morgan fingerprint density at radius 1 is 1.26 bits per heavy atom. The average Bonchev–Trinajstić information content (AvgIpc) is 3.09. The molecule has 1 aromatic carbocycles. The van der Waals surface area contributed by atoms with Crippen LogP contribution in [0.15, 0.2) is 29.6 Å². The second kappa shape index (κ2) is 8.08. The van der Waals surface area contributed by atoms with E-state index in [4.69, 9.17) is 0 Å². The SMILES string of the molecule is CC(C)c1ccc(-c2csc(NC(=O)C3CCCCN3S(C)(=O)=O)n2)cc1. The standard InChI is InChI=1S/C19H25N3O3S2/c1-13(2)14-7-9-15(10-8-14)16-12-26-19(20-16)21-18(23)17-6-4-5-11-22(17)27(3,24)25/h7-10,12-13,17H,4-6,11H2,1-3H3,(H,20,21,23). The Morgan fingerprint density at radius 3 is 2.59 bits per heavy atom. The molecule has 0 saturated carbocycles. The van der Waals surface area contributed by atoms with Crippen LogP contribution in [0.3, 0.4) is 0 Å². The molecule has 0 spiro atoms. The molecule has 0 bridgehead atoms. The lowest BCUT2D eigenvalue weighted by Gasteiger charge is -2.32. The summed E-state index contributed by atoms with van der Waals surface area (Å²) in [5.74, 6) is 0.161. The third-order valence-electron chi connectivity index (χ3n) is 4.79. The highest BCUT2D eigenvalue weighted by molar-refractivity contribution is 7.88. The molecule has 2 aromatic rings. The Kier molecular flexibility index (Phi) is 5.98. The van der Waals surface area contributed by atoms with Crippen molar-refractivity contribution in [1.29, 1.82) is 0 Å². The molecule has 1 unspecified atom stereocenters. The molecule has 1 aliphatic rings. The Balaban J connectivity index is 1.72. The van der Waals surface area contributed by atoms with Crippen LogP contribution >= 0.6 is 11.3 Å². The van der Waals surface area contributed by atoms with E-state index in [9.17, 15) is 13.2 Å². The predicted molar refractivity (Wildman–Crippen MR) is 109 cm³/mol. The van der Waals surface area contributed by atoms with E-state index in [1.165, 1.54) is 21.2 Å². The number of benzene rings is 1. The first kappa shape index (κ1) is 20.0. The molecule has 1 saturated heterocycles. The number of hydrogen-bond acceptors (Lipinski definition) is 5. The van der Waals surface area contributed by atoms with Crippen molar-refractivity contribution in [3.8, 4) is 11.3 Å². The highest BCUT2D eigenvalue weighted by Crippen LogP contribution is 2.27. The molecular formula is C19H25N3O3S2. The van der Waals surface area contributed by atoms with Crippen LogP contribution in [0.25, 0.3) is 11.3 Å². The van der Waals surface area contributed by atoms with Gasteiger partial charge in [0.15, 0.2) is 5.13 Å². The van der Waals surface area contributed by atoms with Gasteiger partial charge < -0.3 is 5.32 Å². The molecule has 146 valence electrons. The van der Waals surface area contributed by atoms with E-state index in [2.05, 4.69) is 36.3 Å². The summed E-state index contributed by atoms with van der Waals surface area (Å²) in [7, 11) is -3.41. The minimum absolute atomic E-state index is 0.309. The number of rotatable bonds is 5. The Labute approximate surface area is 164 Å². The maximum atomic E-state index is 12.6. The maximum absolute atomic E-state index is 12.6. The molecule has 0 radical (unpaired) electrons. The molecule has 1 amide bonds. The van der Waals surface area contributed by atoms with Gasteiger partial charge in [-0.25, -0.2) is 13.4 Å². The summed E-state index contributed by atoms with van der Waals surface area (Å²) >= 11 is 1.34. The monoisotopic (exact) mass is 407 g/mol. The molecule has 3 rings (SSSR count). The van der Waals surface area contributed by atoms with E-state index in [0.29, 0.717) is 24.0 Å². The van der Waals surface area contributed by atoms with Gasteiger partial charge in [0, 0.05) is 17.5 Å². The summed E-state index contributed by atoms with van der Waals surface area (Å²) in [6.07, 6.45) is 3.31. The summed E-state index contributed by atoms with van der Waals surface area (Å²) in [5.41, 5.74) is 3.06. The normalized spacial score (nSPS) is 18.6. The number of carbonyl (C=O) groups is 1. The lowest BCUT2D eigenvalue weighted by molar-refractivity contribution is -0.120. The molecule has 8 heteroatoms. The first-order valence-electron chi connectivity index (χ1n) is 9.09. The molecule has 27 heavy (non-hydrogen) atoms. The van der Waals surface area contributed by atoms with Crippen molar-refractivity contribution in [3.63, 3.8) is 0 Å². The van der Waals surface area contributed by atoms with Gasteiger partial charge in [-0.3, -0.25) is 4.79 Å². The van der Waals surface area contributed by atoms with Crippen molar-refractivity contribution in [1.82, 2.24) is 9.29 Å². The van der Waals surface area contributed by atoms with Crippen LogP contribution in [-0.2, 0) is 14.8 Å². The number of anilines is 1. The van der Waals surface area contributed by atoms with Crippen molar-refractivity contribution >= 4 is 32.4 Å². The molecule has 1 fully saturated rings. The number of nitrogens with one attached hydrogen (secondary N) is 1. The number of piperidine rings is 1. The number of nitrogens with zero attached hydrogens (tertiary/aromatic N) is 2. The smallest absolute Gasteiger partial charge is 0.244 e. The zero-order valence-electron chi connectivity index (χ0n) is 15.8. The fourth-order valence-corrected chi connectivity index (χ4v) is 5.10. The lowest BCUT2D eigenvalue weighted by Crippen LogP contribution is -2.49. The number of hydrogen-bond donors (Lipinski definition) is 1. The average molecular weight is 408 g/mol. The molecule has 2 heterocycles. The first-order valence-corrected chi connectivity index (χ1v) is 11.8. The number of thiazole rings is 1. The van der Waals surface area contributed by atoms with Gasteiger partial charge in [-0.1, -0.05) is 44.5 Å². The third-order valence-corrected chi connectivity index (χ3v) is 6.84. The van der Waals surface area contributed by atoms with E-state index in [1.54, 1.807) is 0 Å². The second-order valence-electron chi connectivity index (χ2n) is 7.19. The maximum Gasteiger partial charge on any atom is 0.244 e. The van der Waals surface area contributed by atoms with Crippen molar-refractivity contribution in [2.75, 3.05) is 18.1 Å². The van der Waals surface area contributed by atoms with E-state index >= 15 is 0 Å². The van der Waals surface area contributed by atoms with Gasteiger partial charge in [0.25, 0.3) is 0 Å². The van der Waals surface area contributed by atoms with Gasteiger partial charge in [0.05, 0.1) is 11.9 Å². The van der Waals surface area contributed by atoms with Crippen LogP contribution < -0.4 is 5.32 Å². The molecule has 1 atom stereocenters. The van der Waals surface area contributed by atoms with E-state index < -0.39 is 16.1 Å². The Bertz CT molecular complexity index is 905. The third kappa shape index (κ3) is 4.75. The molecular weight excluding hydrogens is 382 g/mol. The van der Waals surface area contributed by atoms with E-state index in [1.807, 2.05) is 17.5 Å². The van der Waals surface area contributed by atoms with Crippen molar-refractivity contribution in [2.24, 2.45) is 0 Å². The zero-order chi connectivity index (χ0) is 19.6. The molecule has 1 aliphatic heterocycles. The predicted octanol–water partition coefficient (Wildman–Crippen LogP) is 3.69. The fraction of sp³-hybridized carbons (Fsp3) is 0.474. The van der Waals surface area contributed by atoms with Crippen LogP contribution in [0.1, 0.15) is 44.6 Å². The van der Waals surface area contributed by atoms with E-state index in [0.717, 1.165) is 30.4 Å². The minimum atomic E-state index is -3.41. The molecule has 0 aliphatic carbocycles. The van der Waals surface area contributed by atoms with Crippen LogP contribution in [0, 0.1) is 0 Å². The number of sulfonamides is 1. The summed E-state index contributed by atoms with van der Waals surface area (Å²) in [6, 6.07) is 7.57. The Hall–Kier alpha value is -1.77. The van der Waals surface area contributed by atoms with Gasteiger partial charge >= 0.3 is 0 Å². The van der Waals surface area contributed by atoms with Crippen LogP contribution in [0.2, 0.25) is 0 Å². The van der Waals surface area contributed by atoms with Gasteiger partial charge in [-0.05, 0) is 24.3 Å². The minimum Gasteiger partial charge on any atom is -0.301 e. The molecule has 1 aromatic heterocycles. The van der Waals surface area contributed by atoms with E-state index in [-0.39, 0.29) is 5.91 Å². The van der Waals surface area contributed by atoms with Gasteiger partial charge in [0.1, 0.15) is 6.04 Å². The molecule has 6 nitrogen and oxygen atoms in total. The zero-order valence-corrected chi connectivity index (χ0v) is 17.4. The number of aromatic nitrogens is 1. The van der Waals surface area contributed by atoms with Crippen LogP contribution in [0.5, 0.6) is 0 Å². The topological polar surface area (TPSA) is 79.4 Å². The van der Waals surface area contributed by atoms with Crippen molar-refractivity contribution < 1.29 is 13.2 Å². The number of amides is 1. The highest BCUT2D eigenvalue weighted by Gasteiger charge is 2.34. The fourth-order valence-electron chi connectivity index (χ4n) is 3.26. The highest BCUT2D eigenvalue weighted by atomic mass is 32.2. The largest absolute Gasteiger partial charge is 0.301 e. The van der Waals surface area contributed by atoms with Crippen LogP contribution in [0.4, 0.5) is 5.13 Å². The number of carbonyl (C=O) groups excluding carboxylic acids is 1. The lowest BCUT2D eigenvalue weighted by atomic mass is 10.0. The van der Waals surface area contributed by atoms with Gasteiger partial charge in [0.2, 0.25) is 15.9 Å². The van der Waals surface area contributed by atoms with Gasteiger partial charge in [-0.2, -0.15) is 4.31 Å². The first-order chi connectivity index (χ1) is 12.8. The van der Waals surface area contributed by atoms with Gasteiger partial charge in [-0.15, -0.1) is 11.3 Å². The summed E-state index contributed by atoms with van der Waals surface area (Å²) < 4.78 is 25.2. The summed E-state index contributed by atoms with van der Waals surface area (Å²) in [6.45, 7) is 4.69. The quantitative estimate of drug-likeness (QED) is 0.820. The van der Waals surface area contributed by atoms with Crippen molar-refractivity contribution in [2.45, 2.75) is 45.1 Å². The second-order valence-corrected chi connectivity index (χ2v) is 9.98. The Morgan fingerprint density at radius 2 is 1.96 bits per heavy atom.